The van der Waals surface area contributed by atoms with Crippen LogP contribution in [0.3, 0.4) is 0 Å². The zero-order chi connectivity index (χ0) is 20.2. The van der Waals surface area contributed by atoms with Crippen molar-refractivity contribution in [3.05, 3.63) is 107 Å². The molecule has 0 aliphatic rings. The fourth-order valence-electron chi connectivity index (χ4n) is 3.40. The molecular formula is C23H19Cl2N3O. The molecule has 1 aromatic heterocycles. The summed E-state index contributed by atoms with van der Waals surface area (Å²) in [7, 11) is 0. The van der Waals surface area contributed by atoms with Gasteiger partial charge in [-0.2, -0.15) is 5.10 Å². The molecule has 0 bridgehead atoms. The lowest BCUT2D eigenvalue weighted by Crippen LogP contribution is -2.27. The van der Waals surface area contributed by atoms with E-state index in [2.05, 4.69) is 10.1 Å². The van der Waals surface area contributed by atoms with Gasteiger partial charge < -0.3 is 5.11 Å². The van der Waals surface area contributed by atoms with Crippen LogP contribution in [0.1, 0.15) is 17.2 Å². The van der Waals surface area contributed by atoms with Crippen LogP contribution in [0.4, 0.5) is 0 Å². The molecule has 0 amide bonds. The summed E-state index contributed by atoms with van der Waals surface area (Å²) in [5.41, 5.74) is 4.12. The quantitative estimate of drug-likeness (QED) is 0.448. The van der Waals surface area contributed by atoms with Crippen molar-refractivity contribution in [3.8, 4) is 11.1 Å². The minimum atomic E-state index is -0.681. The lowest BCUT2D eigenvalue weighted by molar-refractivity contribution is 0.124. The Morgan fingerprint density at radius 1 is 0.793 bits per heavy atom. The lowest BCUT2D eigenvalue weighted by Gasteiger charge is -2.24. The number of aromatic nitrogens is 3. The Hall–Kier alpha value is -2.66. The van der Waals surface area contributed by atoms with Crippen molar-refractivity contribution >= 4 is 23.2 Å². The molecular weight excluding hydrogens is 405 g/mol. The van der Waals surface area contributed by atoms with Crippen molar-refractivity contribution in [3.63, 3.8) is 0 Å². The van der Waals surface area contributed by atoms with Crippen molar-refractivity contribution in [1.82, 2.24) is 14.8 Å². The minimum absolute atomic E-state index is 0.354. The molecule has 4 nitrogen and oxygen atoms in total. The zero-order valence-corrected chi connectivity index (χ0v) is 17.0. The number of benzene rings is 3. The predicted molar refractivity (Wildman–Crippen MR) is 116 cm³/mol. The van der Waals surface area contributed by atoms with Crippen LogP contribution in [0.2, 0.25) is 10.0 Å². The molecule has 4 aromatic rings. The maximum atomic E-state index is 11.0. The fraction of sp³-hybridized carbons (Fsp3) is 0.130. The molecule has 146 valence electrons. The monoisotopic (exact) mass is 423 g/mol. The second kappa shape index (κ2) is 8.78. The largest absolute Gasteiger partial charge is 0.390 e. The number of hydrogen-bond donors (Lipinski definition) is 1. The topological polar surface area (TPSA) is 50.9 Å². The summed E-state index contributed by atoms with van der Waals surface area (Å²) in [5, 5.41) is 16.7. The Bertz CT molecular complexity index is 1050. The van der Waals surface area contributed by atoms with Gasteiger partial charge >= 0.3 is 0 Å². The molecule has 0 aliphatic heterocycles. The number of nitrogens with zero attached hydrogens (tertiary/aromatic N) is 3. The van der Waals surface area contributed by atoms with Crippen LogP contribution in [0, 0.1) is 0 Å². The maximum Gasteiger partial charge on any atom is 0.137 e. The highest BCUT2D eigenvalue weighted by molar-refractivity contribution is 6.30. The van der Waals surface area contributed by atoms with Gasteiger partial charge in [-0.15, -0.1) is 0 Å². The van der Waals surface area contributed by atoms with Crippen molar-refractivity contribution in [2.24, 2.45) is 0 Å². The summed E-state index contributed by atoms with van der Waals surface area (Å²) in [6, 6.07) is 23.0. The second-order valence-corrected chi connectivity index (χ2v) is 7.72. The third-order valence-electron chi connectivity index (χ3n) is 4.87. The third kappa shape index (κ3) is 4.67. The van der Waals surface area contributed by atoms with E-state index in [-0.39, 0.29) is 6.04 Å². The van der Waals surface area contributed by atoms with E-state index in [4.69, 9.17) is 23.2 Å². The van der Waals surface area contributed by atoms with Crippen LogP contribution < -0.4 is 0 Å². The number of rotatable bonds is 6. The van der Waals surface area contributed by atoms with Gasteiger partial charge in [0, 0.05) is 16.5 Å². The van der Waals surface area contributed by atoms with Crippen molar-refractivity contribution in [1.29, 1.82) is 0 Å². The summed E-state index contributed by atoms with van der Waals surface area (Å²) >= 11 is 12.0. The highest BCUT2D eigenvalue weighted by Crippen LogP contribution is 2.28. The average Bonchev–Trinajstić information content (AvgIpc) is 3.25. The van der Waals surface area contributed by atoms with E-state index in [9.17, 15) is 5.11 Å². The molecule has 0 aliphatic carbocycles. The van der Waals surface area contributed by atoms with E-state index in [1.165, 1.54) is 6.33 Å². The van der Waals surface area contributed by atoms with Gasteiger partial charge in [0.1, 0.15) is 18.7 Å². The van der Waals surface area contributed by atoms with Gasteiger partial charge in [0.15, 0.2) is 0 Å². The molecule has 2 atom stereocenters. The van der Waals surface area contributed by atoms with E-state index in [0.29, 0.717) is 16.5 Å². The molecule has 4 rings (SSSR count). The Morgan fingerprint density at radius 3 is 1.90 bits per heavy atom. The van der Waals surface area contributed by atoms with Crippen LogP contribution in [0.25, 0.3) is 11.1 Å². The molecule has 1 N–H and O–H groups in total. The van der Waals surface area contributed by atoms with E-state index in [0.717, 1.165) is 22.3 Å². The Labute approximate surface area is 179 Å². The average molecular weight is 424 g/mol. The summed E-state index contributed by atoms with van der Waals surface area (Å²) < 4.78 is 1.69. The molecule has 0 spiro atoms. The number of aliphatic hydroxyl groups is 1. The van der Waals surface area contributed by atoms with E-state index < -0.39 is 6.10 Å². The predicted octanol–water partition coefficient (Wildman–Crippen LogP) is 5.44. The van der Waals surface area contributed by atoms with E-state index >= 15 is 0 Å². The van der Waals surface area contributed by atoms with Crippen LogP contribution in [-0.2, 0) is 6.42 Å². The molecule has 3 aromatic carbocycles. The number of halogens is 2. The van der Waals surface area contributed by atoms with Crippen LogP contribution >= 0.6 is 23.2 Å². The van der Waals surface area contributed by atoms with Gasteiger partial charge in [0.2, 0.25) is 0 Å². The van der Waals surface area contributed by atoms with Crippen LogP contribution in [-0.4, -0.2) is 26.0 Å². The second-order valence-electron chi connectivity index (χ2n) is 6.85. The van der Waals surface area contributed by atoms with Gasteiger partial charge in [-0.25, -0.2) is 9.67 Å². The Morgan fingerprint density at radius 2 is 1.34 bits per heavy atom. The summed E-state index contributed by atoms with van der Waals surface area (Å²) in [5.74, 6) is 0. The molecule has 0 fully saturated rings. The highest BCUT2D eigenvalue weighted by atomic mass is 35.5. The lowest BCUT2D eigenvalue weighted by atomic mass is 9.94. The fourth-order valence-corrected chi connectivity index (χ4v) is 3.65. The summed E-state index contributed by atoms with van der Waals surface area (Å²) in [4.78, 5) is 4.05. The summed E-state index contributed by atoms with van der Waals surface area (Å²) in [6.45, 7) is 0. The van der Waals surface area contributed by atoms with Gasteiger partial charge in [-0.05, 0) is 46.5 Å². The molecule has 2 unspecified atom stereocenters. The van der Waals surface area contributed by atoms with E-state index in [1.54, 1.807) is 11.0 Å². The minimum Gasteiger partial charge on any atom is -0.390 e. The Kier molecular flexibility index (Phi) is 5.95. The SMILES string of the molecule is OC(Cc1ccc(Cl)cc1)C(c1ccc(-c2ccc(Cl)cc2)cc1)n1cncn1. The molecule has 0 saturated heterocycles. The third-order valence-corrected chi connectivity index (χ3v) is 5.38. The Balaban J connectivity index is 1.61. The molecule has 0 radical (unpaired) electrons. The maximum absolute atomic E-state index is 11.0. The van der Waals surface area contributed by atoms with Gasteiger partial charge in [0.05, 0.1) is 6.10 Å². The molecule has 29 heavy (non-hydrogen) atoms. The highest BCUT2D eigenvalue weighted by Gasteiger charge is 2.24. The summed E-state index contributed by atoms with van der Waals surface area (Å²) in [6.07, 6.45) is 2.90. The first-order valence-corrected chi connectivity index (χ1v) is 9.98. The van der Waals surface area contributed by atoms with Gasteiger partial charge in [-0.3, -0.25) is 0 Å². The van der Waals surface area contributed by atoms with Crippen LogP contribution in [0.5, 0.6) is 0 Å². The van der Waals surface area contributed by atoms with E-state index in [1.807, 2.05) is 72.8 Å². The van der Waals surface area contributed by atoms with Crippen LogP contribution in [0.15, 0.2) is 85.5 Å². The normalized spacial score (nSPS) is 13.2. The van der Waals surface area contributed by atoms with Crippen molar-refractivity contribution in [2.75, 3.05) is 0 Å². The first-order chi connectivity index (χ1) is 14.1. The standard InChI is InChI=1S/C23H19Cl2N3O/c24-20-9-1-16(2-10-20)13-22(29)23(28-15-26-14-27-28)19-5-3-17(4-6-19)18-7-11-21(25)12-8-18/h1-12,14-15,22-23,29H,13H2. The zero-order valence-electron chi connectivity index (χ0n) is 15.5. The van der Waals surface area contributed by atoms with Crippen molar-refractivity contribution < 1.29 is 5.11 Å². The first-order valence-electron chi connectivity index (χ1n) is 9.23. The smallest absolute Gasteiger partial charge is 0.137 e. The molecule has 6 heteroatoms. The number of hydrogen-bond acceptors (Lipinski definition) is 3. The van der Waals surface area contributed by atoms with Gasteiger partial charge in [-0.1, -0.05) is 71.7 Å². The molecule has 0 saturated carbocycles. The number of aliphatic hydroxyl groups excluding tert-OH is 1. The van der Waals surface area contributed by atoms with Gasteiger partial charge in [0.25, 0.3) is 0 Å². The first kappa shape index (κ1) is 19.6. The van der Waals surface area contributed by atoms with Crippen molar-refractivity contribution in [2.45, 2.75) is 18.6 Å². The molecule has 1 heterocycles.